The van der Waals surface area contributed by atoms with Crippen LogP contribution in [0.25, 0.3) is 10.9 Å². The molecule has 2 N–H and O–H groups in total. The summed E-state index contributed by atoms with van der Waals surface area (Å²) < 4.78 is 0. The van der Waals surface area contributed by atoms with Gasteiger partial charge in [0.15, 0.2) is 0 Å². The second-order valence-corrected chi connectivity index (χ2v) is 4.59. The fourth-order valence-corrected chi connectivity index (χ4v) is 2.18. The lowest BCUT2D eigenvalue weighted by atomic mass is 10.0. The molecular weight excluding hydrogens is 234 g/mol. The van der Waals surface area contributed by atoms with E-state index in [1.165, 1.54) is 0 Å². The van der Waals surface area contributed by atoms with Gasteiger partial charge in [0.25, 0.3) is 0 Å². The van der Waals surface area contributed by atoms with Gasteiger partial charge in [-0.25, -0.2) is 0 Å². The van der Waals surface area contributed by atoms with Crippen LogP contribution in [0.3, 0.4) is 0 Å². The Balaban J connectivity index is 1.85. The van der Waals surface area contributed by atoms with Crippen molar-refractivity contribution >= 4 is 10.9 Å². The van der Waals surface area contributed by atoms with Crippen molar-refractivity contribution in [3.05, 3.63) is 72.2 Å². The highest BCUT2D eigenvalue weighted by molar-refractivity contribution is 5.78. The minimum atomic E-state index is -0.0448. The van der Waals surface area contributed by atoms with Gasteiger partial charge in [0.1, 0.15) is 0 Å². The minimum absolute atomic E-state index is 0.0448. The number of para-hydroxylation sites is 1. The molecule has 3 nitrogen and oxygen atoms in total. The predicted octanol–water partition coefficient (Wildman–Crippen LogP) is 2.87. The van der Waals surface area contributed by atoms with E-state index in [2.05, 4.69) is 22.1 Å². The Kier molecular flexibility index (Phi) is 3.21. The number of hydrogen-bond acceptors (Lipinski definition) is 3. The van der Waals surface area contributed by atoms with Crippen molar-refractivity contribution < 1.29 is 0 Å². The van der Waals surface area contributed by atoms with E-state index in [0.29, 0.717) is 0 Å². The van der Waals surface area contributed by atoms with Crippen molar-refractivity contribution in [2.24, 2.45) is 5.73 Å². The van der Waals surface area contributed by atoms with Crippen LogP contribution in [0.5, 0.6) is 0 Å². The summed E-state index contributed by atoms with van der Waals surface area (Å²) in [6, 6.07) is 16.1. The van der Waals surface area contributed by atoms with Gasteiger partial charge in [-0.05, 0) is 29.8 Å². The number of rotatable bonds is 3. The molecule has 0 aliphatic heterocycles. The molecule has 3 aromatic rings. The number of aromatic nitrogens is 2. The van der Waals surface area contributed by atoms with Crippen molar-refractivity contribution in [1.82, 2.24) is 9.97 Å². The van der Waals surface area contributed by atoms with Gasteiger partial charge in [0.05, 0.1) is 5.52 Å². The van der Waals surface area contributed by atoms with Gasteiger partial charge in [-0.3, -0.25) is 9.97 Å². The van der Waals surface area contributed by atoms with Gasteiger partial charge < -0.3 is 5.73 Å². The molecule has 0 radical (unpaired) electrons. The third-order valence-corrected chi connectivity index (χ3v) is 3.22. The fourth-order valence-electron chi connectivity index (χ4n) is 2.18. The molecule has 0 amide bonds. The zero-order valence-corrected chi connectivity index (χ0v) is 10.5. The molecule has 0 saturated carbocycles. The van der Waals surface area contributed by atoms with Crippen LogP contribution < -0.4 is 5.73 Å². The zero-order chi connectivity index (χ0) is 13.1. The molecule has 3 heteroatoms. The first-order valence-corrected chi connectivity index (χ1v) is 6.33. The summed E-state index contributed by atoms with van der Waals surface area (Å²) in [7, 11) is 0. The van der Waals surface area contributed by atoms with Gasteiger partial charge >= 0.3 is 0 Å². The van der Waals surface area contributed by atoms with Crippen molar-refractivity contribution in [1.29, 1.82) is 0 Å². The van der Waals surface area contributed by atoms with Gasteiger partial charge in [-0.1, -0.05) is 24.3 Å². The van der Waals surface area contributed by atoms with Crippen LogP contribution in [0, 0.1) is 0 Å². The van der Waals surface area contributed by atoms with Crippen LogP contribution in [0.1, 0.15) is 17.3 Å². The fraction of sp³-hybridized carbons (Fsp3) is 0.125. The van der Waals surface area contributed by atoms with Gasteiger partial charge in [-0.2, -0.15) is 0 Å². The van der Waals surface area contributed by atoms with E-state index in [0.717, 1.165) is 28.6 Å². The van der Waals surface area contributed by atoms with Crippen molar-refractivity contribution in [3.8, 4) is 0 Å². The van der Waals surface area contributed by atoms with Crippen molar-refractivity contribution in [3.63, 3.8) is 0 Å². The smallest absolute Gasteiger partial charge is 0.0705 e. The largest absolute Gasteiger partial charge is 0.324 e. The predicted molar refractivity (Wildman–Crippen MR) is 76.6 cm³/mol. The normalized spacial score (nSPS) is 12.5. The topological polar surface area (TPSA) is 51.8 Å². The maximum atomic E-state index is 6.20. The molecule has 3 rings (SSSR count). The SMILES string of the molecule is NC(Cc1ccc2ccccc2n1)c1ccncc1. The van der Waals surface area contributed by atoms with Crippen molar-refractivity contribution in [2.45, 2.75) is 12.5 Å². The van der Waals surface area contributed by atoms with E-state index in [1.807, 2.05) is 36.4 Å². The van der Waals surface area contributed by atoms with Gasteiger partial charge in [-0.15, -0.1) is 0 Å². The lowest BCUT2D eigenvalue weighted by Gasteiger charge is -2.11. The number of hydrogen-bond donors (Lipinski definition) is 1. The van der Waals surface area contributed by atoms with Crippen molar-refractivity contribution in [2.75, 3.05) is 0 Å². The second-order valence-electron chi connectivity index (χ2n) is 4.59. The third kappa shape index (κ3) is 2.61. The Hall–Kier alpha value is -2.26. The summed E-state index contributed by atoms with van der Waals surface area (Å²) in [6.07, 6.45) is 4.26. The summed E-state index contributed by atoms with van der Waals surface area (Å²) in [6.45, 7) is 0. The Bertz CT molecular complexity index is 680. The molecule has 0 fully saturated rings. The van der Waals surface area contributed by atoms with Crippen LogP contribution >= 0.6 is 0 Å². The number of nitrogens with zero attached hydrogens (tertiary/aromatic N) is 2. The first-order chi connectivity index (χ1) is 9.33. The average Bonchev–Trinajstić information content (AvgIpc) is 2.48. The minimum Gasteiger partial charge on any atom is -0.324 e. The van der Waals surface area contributed by atoms with E-state index in [4.69, 9.17) is 5.73 Å². The number of nitrogens with two attached hydrogens (primary N) is 1. The summed E-state index contributed by atoms with van der Waals surface area (Å²) in [4.78, 5) is 8.65. The maximum Gasteiger partial charge on any atom is 0.0705 e. The van der Waals surface area contributed by atoms with E-state index in [-0.39, 0.29) is 6.04 Å². The van der Waals surface area contributed by atoms with Gasteiger partial charge in [0.2, 0.25) is 0 Å². The molecule has 2 aromatic heterocycles. The molecule has 0 aliphatic carbocycles. The third-order valence-electron chi connectivity index (χ3n) is 3.22. The maximum absolute atomic E-state index is 6.20. The van der Waals surface area contributed by atoms with Crippen LogP contribution in [-0.4, -0.2) is 9.97 Å². The van der Waals surface area contributed by atoms with Crippen LogP contribution in [-0.2, 0) is 6.42 Å². The van der Waals surface area contributed by atoms with Crippen LogP contribution in [0.15, 0.2) is 60.9 Å². The van der Waals surface area contributed by atoms with Crippen LogP contribution in [0.2, 0.25) is 0 Å². The zero-order valence-electron chi connectivity index (χ0n) is 10.5. The molecule has 19 heavy (non-hydrogen) atoms. The monoisotopic (exact) mass is 249 g/mol. The van der Waals surface area contributed by atoms with Gasteiger partial charge in [0, 0.05) is 35.9 Å². The highest BCUT2D eigenvalue weighted by atomic mass is 14.7. The Morgan fingerprint density at radius 2 is 1.74 bits per heavy atom. The summed E-state index contributed by atoms with van der Waals surface area (Å²) in [5.74, 6) is 0. The lowest BCUT2D eigenvalue weighted by molar-refractivity contribution is 0.707. The molecule has 94 valence electrons. The Labute approximate surface area is 112 Å². The van der Waals surface area contributed by atoms with E-state index < -0.39 is 0 Å². The molecule has 1 aromatic carbocycles. The number of pyridine rings is 2. The molecule has 0 saturated heterocycles. The first kappa shape index (κ1) is 11.8. The molecule has 1 unspecified atom stereocenters. The highest BCUT2D eigenvalue weighted by Crippen LogP contribution is 2.17. The summed E-state index contributed by atoms with van der Waals surface area (Å²) in [5, 5.41) is 1.16. The summed E-state index contributed by atoms with van der Waals surface area (Å²) in [5.41, 5.74) is 9.32. The Morgan fingerprint density at radius 1 is 0.947 bits per heavy atom. The quantitative estimate of drug-likeness (QED) is 0.776. The highest BCUT2D eigenvalue weighted by Gasteiger charge is 2.08. The van der Waals surface area contributed by atoms with E-state index >= 15 is 0 Å². The molecule has 0 spiro atoms. The first-order valence-electron chi connectivity index (χ1n) is 6.33. The second kappa shape index (κ2) is 5.16. The molecule has 2 heterocycles. The van der Waals surface area contributed by atoms with Crippen LogP contribution in [0.4, 0.5) is 0 Å². The Morgan fingerprint density at radius 3 is 2.58 bits per heavy atom. The molecular formula is C16H15N3. The molecule has 0 aliphatic rings. The van der Waals surface area contributed by atoms with E-state index in [1.54, 1.807) is 12.4 Å². The number of fused-ring (bicyclic) bond motifs is 1. The molecule has 0 bridgehead atoms. The number of benzene rings is 1. The summed E-state index contributed by atoms with van der Waals surface area (Å²) >= 11 is 0. The van der Waals surface area contributed by atoms with E-state index in [9.17, 15) is 0 Å². The standard InChI is InChI=1S/C16H15N3/c17-15(12-7-9-18-10-8-12)11-14-6-5-13-3-1-2-4-16(13)19-14/h1-10,15H,11,17H2. The lowest BCUT2D eigenvalue weighted by Crippen LogP contribution is -2.14. The average molecular weight is 249 g/mol. The molecule has 1 atom stereocenters.